The number of benzene rings is 2. The van der Waals surface area contributed by atoms with Gasteiger partial charge in [-0.05, 0) is 12.1 Å². The molecule has 1 aromatic heterocycles. The Morgan fingerprint density at radius 3 is 2.29 bits per heavy atom. The highest BCUT2D eigenvalue weighted by Crippen LogP contribution is 2.43. The van der Waals surface area contributed by atoms with Gasteiger partial charge in [0.05, 0.1) is 6.61 Å². The summed E-state index contributed by atoms with van der Waals surface area (Å²) in [5.74, 6) is -5.42. The Morgan fingerprint density at radius 2 is 1.69 bits per heavy atom. The summed E-state index contributed by atoms with van der Waals surface area (Å²) in [6, 6.07) is 3.75. The molecule has 2 heterocycles. The van der Waals surface area contributed by atoms with Crippen LogP contribution < -0.4 is 10.2 Å². The summed E-state index contributed by atoms with van der Waals surface area (Å²) in [5.41, 5.74) is -1.49. The molecule has 0 amide bonds. The van der Waals surface area contributed by atoms with Crippen LogP contribution in [0.5, 0.6) is 34.5 Å². The molecule has 13 heteroatoms. The molecule has 7 N–H and O–H groups in total. The average Bonchev–Trinajstić information content (AvgIpc) is 3.06. The van der Waals surface area contributed by atoms with Crippen LogP contribution >= 0.6 is 0 Å². The van der Waals surface area contributed by atoms with E-state index in [1.807, 2.05) is 0 Å². The molecule has 1 fully saturated rings. The maximum absolute atomic E-state index is 13.3. The number of rotatable bonds is 5. The first kappa shape index (κ1) is 23.9. The number of carbonyl (C=O) groups is 1. The quantitative estimate of drug-likeness (QED) is 0.189. The zero-order valence-corrected chi connectivity index (χ0v) is 17.9. The first-order valence-corrected chi connectivity index (χ1v) is 10.1. The van der Waals surface area contributed by atoms with Gasteiger partial charge in [0.15, 0.2) is 35.2 Å². The molecule has 4 rings (SSSR count). The molecule has 0 saturated carbocycles. The highest BCUT2D eigenvalue weighted by Gasteiger charge is 2.48. The van der Waals surface area contributed by atoms with Crippen molar-refractivity contribution < 1.29 is 59.2 Å². The number of hydrogen-bond donors (Lipinski definition) is 7. The van der Waals surface area contributed by atoms with Crippen molar-refractivity contribution in [2.24, 2.45) is 0 Å². The lowest BCUT2D eigenvalue weighted by molar-refractivity contribution is -0.153. The summed E-state index contributed by atoms with van der Waals surface area (Å²) >= 11 is 0. The van der Waals surface area contributed by atoms with Crippen LogP contribution in [-0.2, 0) is 14.3 Å². The van der Waals surface area contributed by atoms with Crippen LogP contribution in [0.2, 0.25) is 0 Å². The highest BCUT2D eigenvalue weighted by molar-refractivity contribution is 5.88. The van der Waals surface area contributed by atoms with Gasteiger partial charge >= 0.3 is 5.97 Å². The maximum atomic E-state index is 13.3. The van der Waals surface area contributed by atoms with E-state index in [-0.39, 0.29) is 11.1 Å². The van der Waals surface area contributed by atoms with Gasteiger partial charge in [-0.1, -0.05) is 0 Å². The van der Waals surface area contributed by atoms with Crippen molar-refractivity contribution in [1.29, 1.82) is 0 Å². The molecule has 35 heavy (non-hydrogen) atoms. The molecule has 13 nitrogen and oxygen atoms in total. The first-order valence-electron chi connectivity index (χ1n) is 10.1. The van der Waals surface area contributed by atoms with E-state index in [1.54, 1.807) is 0 Å². The second-order valence-electron chi connectivity index (χ2n) is 7.70. The van der Waals surface area contributed by atoms with Crippen molar-refractivity contribution in [2.45, 2.75) is 31.5 Å². The molecule has 2 aromatic carbocycles. The Bertz CT molecular complexity index is 1340. The normalized spacial score (nSPS) is 21.8. The Balaban J connectivity index is 1.89. The number of phenolic OH excluding ortho intramolecular Hbond substituents is 5. The van der Waals surface area contributed by atoms with Crippen LogP contribution in [0.3, 0.4) is 0 Å². The average molecular weight is 492 g/mol. The number of aliphatic hydroxyl groups is 2. The monoisotopic (exact) mass is 492 g/mol. The lowest BCUT2D eigenvalue weighted by Gasteiger charge is -2.20. The first-order chi connectivity index (χ1) is 16.5. The number of fused-ring (bicyclic) bond motifs is 1. The smallest absolute Gasteiger partial charge is 0.303 e. The Morgan fingerprint density at radius 1 is 1.03 bits per heavy atom. The van der Waals surface area contributed by atoms with Crippen LogP contribution in [0.15, 0.2) is 33.5 Å². The molecular weight excluding hydrogens is 472 g/mol. The Kier molecular flexibility index (Phi) is 6.06. The molecule has 0 unspecified atom stereocenters. The number of esters is 1. The molecule has 1 aliphatic heterocycles. The molecule has 0 radical (unpaired) electrons. The number of aromatic hydroxyl groups is 5. The minimum absolute atomic E-state index is 0.183. The third-order valence-corrected chi connectivity index (χ3v) is 5.26. The summed E-state index contributed by atoms with van der Waals surface area (Å²) in [6.07, 6.45) is -5.89. The van der Waals surface area contributed by atoms with Crippen molar-refractivity contribution in [3.05, 3.63) is 34.5 Å². The molecule has 0 bridgehead atoms. The summed E-state index contributed by atoms with van der Waals surface area (Å²) in [5, 5.41) is 69.2. The van der Waals surface area contributed by atoms with Crippen molar-refractivity contribution in [2.75, 3.05) is 6.61 Å². The zero-order chi connectivity index (χ0) is 25.6. The van der Waals surface area contributed by atoms with Crippen LogP contribution in [0, 0.1) is 0 Å². The molecule has 1 saturated heterocycles. The van der Waals surface area contributed by atoms with Crippen molar-refractivity contribution >= 4 is 16.9 Å². The van der Waals surface area contributed by atoms with E-state index < -0.39 is 88.3 Å². The molecule has 0 aliphatic carbocycles. The predicted molar refractivity (Wildman–Crippen MR) is 114 cm³/mol. The van der Waals surface area contributed by atoms with Gasteiger partial charge in [-0.2, -0.15) is 0 Å². The summed E-state index contributed by atoms with van der Waals surface area (Å²) < 4.78 is 21.6. The zero-order valence-electron chi connectivity index (χ0n) is 17.9. The highest BCUT2D eigenvalue weighted by atomic mass is 16.7. The van der Waals surface area contributed by atoms with Gasteiger partial charge in [-0.25, -0.2) is 0 Å². The summed E-state index contributed by atoms with van der Waals surface area (Å²) in [7, 11) is 0. The number of ether oxygens (including phenoxy) is 3. The van der Waals surface area contributed by atoms with Crippen LogP contribution in [0.4, 0.5) is 0 Å². The minimum Gasteiger partial charge on any atom is -0.508 e. The standard InChI is InChI=1S/C22H20O13/c1-7(24)32-20-14(6-23)34-22(18(20)31)35-21-17(30)15-10(26)4-9(25)5-13(15)33-19(21)8-2-11(27)16(29)12(28)3-8/h2-5,14,18,20,22-23,25-29,31H,6H2,1H3/t14-,18+,20-,22-/m1/s1. The Hall–Kier alpha value is -4.20. The number of aliphatic hydroxyl groups excluding tert-OH is 2. The lowest BCUT2D eigenvalue weighted by atomic mass is 10.1. The van der Waals surface area contributed by atoms with E-state index in [0.29, 0.717) is 0 Å². The second-order valence-corrected chi connectivity index (χ2v) is 7.70. The van der Waals surface area contributed by atoms with Gasteiger partial charge in [0, 0.05) is 24.6 Å². The second kappa shape index (κ2) is 8.87. The molecule has 186 valence electrons. The maximum Gasteiger partial charge on any atom is 0.303 e. The van der Waals surface area contributed by atoms with E-state index in [2.05, 4.69) is 0 Å². The van der Waals surface area contributed by atoms with Gasteiger partial charge in [0.25, 0.3) is 0 Å². The van der Waals surface area contributed by atoms with E-state index in [9.17, 15) is 45.3 Å². The van der Waals surface area contributed by atoms with E-state index in [4.69, 9.17) is 18.6 Å². The van der Waals surface area contributed by atoms with E-state index >= 15 is 0 Å². The Labute approximate surface area is 195 Å². The van der Waals surface area contributed by atoms with Crippen molar-refractivity contribution in [3.63, 3.8) is 0 Å². The number of phenols is 5. The van der Waals surface area contributed by atoms with Crippen molar-refractivity contribution in [1.82, 2.24) is 0 Å². The van der Waals surface area contributed by atoms with Gasteiger partial charge in [-0.3, -0.25) is 9.59 Å². The SMILES string of the molecule is CC(=O)O[C@H]1[C@H](O)[C@@H](Oc2c(-c3cc(O)c(O)c(O)c3)oc3cc(O)cc(O)c3c2=O)O[C@@H]1CO. The fourth-order valence-corrected chi connectivity index (χ4v) is 3.70. The van der Waals surface area contributed by atoms with E-state index in [1.165, 1.54) is 0 Å². The molecule has 3 aromatic rings. The lowest BCUT2D eigenvalue weighted by Crippen LogP contribution is -2.39. The topological polar surface area (TPSA) is 217 Å². The molecule has 0 spiro atoms. The van der Waals surface area contributed by atoms with Gasteiger partial charge in [0.2, 0.25) is 17.5 Å². The largest absolute Gasteiger partial charge is 0.508 e. The fourth-order valence-electron chi connectivity index (χ4n) is 3.70. The third-order valence-electron chi connectivity index (χ3n) is 5.26. The summed E-state index contributed by atoms with van der Waals surface area (Å²) in [6.45, 7) is 0.404. The summed E-state index contributed by atoms with van der Waals surface area (Å²) in [4.78, 5) is 24.7. The van der Waals surface area contributed by atoms with Crippen molar-refractivity contribution in [3.8, 4) is 45.8 Å². The van der Waals surface area contributed by atoms with Gasteiger partial charge in [0.1, 0.15) is 28.6 Å². The number of carbonyl (C=O) groups excluding carboxylic acids is 1. The molecular formula is C22H20O13. The number of hydrogen-bond acceptors (Lipinski definition) is 13. The van der Waals surface area contributed by atoms with Crippen LogP contribution in [-0.4, -0.2) is 72.9 Å². The van der Waals surface area contributed by atoms with Gasteiger partial charge < -0.3 is 54.4 Å². The van der Waals surface area contributed by atoms with E-state index in [0.717, 1.165) is 31.2 Å². The molecule has 1 aliphatic rings. The van der Waals surface area contributed by atoms with Crippen LogP contribution in [0.1, 0.15) is 6.92 Å². The third kappa shape index (κ3) is 4.23. The molecule has 4 atom stereocenters. The van der Waals surface area contributed by atoms with Gasteiger partial charge in [-0.15, -0.1) is 0 Å². The minimum atomic E-state index is -1.67. The van der Waals surface area contributed by atoms with Crippen LogP contribution in [0.25, 0.3) is 22.3 Å². The fraction of sp³-hybridized carbons (Fsp3) is 0.273. The predicted octanol–water partition coefficient (Wildman–Crippen LogP) is 0.377.